The molecule has 31 heavy (non-hydrogen) atoms. The second-order valence-corrected chi connectivity index (χ2v) is 10.2. The lowest BCUT2D eigenvalue weighted by atomic mass is 9.91. The molecule has 2 saturated heterocycles. The lowest BCUT2D eigenvalue weighted by Gasteiger charge is -2.42. The lowest BCUT2D eigenvalue weighted by molar-refractivity contribution is -0.150. The number of imidazole rings is 1. The van der Waals surface area contributed by atoms with Crippen molar-refractivity contribution in [3.8, 4) is 0 Å². The van der Waals surface area contributed by atoms with Gasteiger partial charge in [0.15, 0.2) is 0 Å². The van der Waals surface area contributed by atoms with Crippen LogP contribution in [-0.2, 0) is 23.1 Å². The molecular weight excluding hydrogens is 390 g/mol. The maximum Gasteiger partial charge on any atom is 0.245 e. The van der Waals surface area contributed by atoms with Gasteiger partial charge in [0.1, 0.15) is 11.9 Å². The van der Waals surface area contributed by atoms with E-state index in [1.54, 1.807) is 0 Å². The third-order valence-corrected chi connectivity index (χ3v) is 6.71. The molecule has 1 unspecified atom stereocenters. The molecule has 3 heterocycles. The highest BCUT2D eigenvalue weighted by atomic mass is 16.2. The number of rotatable bonds is 8. The summed E-state index contributed by atoms with van der Waals surface area (Å²) < 4.78 is 2.08. The molecule has 1 N–H and O–H groups in total. The summed E-state index contributed by atoms with van der Waals surface area (Å²) in [4.78, 5) is 35.1. The van der Waals surface area contributed by atoms with Gasteiger partial charge in [0.25, 0.3) is 0 Å². The molecule has 1 aromatic rings. The van der Waals surface area contributed by atoms with E-state index in [2.05, 4.69) is 42.6 Å². The number of nitrogens with zero attached hydrogens (tertiary/aromatic N) is 4. The molecule has 2 atom stereocenters. The predicted molar refractivity (Wildman–Crippen MR) is 122 cm³/mol. The van der Waals surface area contributed by atoms with Gasteiger partial charge in [-0.05, 0) is 43.4 Å². The summed E-state index contributed by atoms with van der Waals surface area (Å²) >= 11 is 0. The number of amides is 2. The minimum Gasteiger partial charge on any atom is -0.341 e. The van der Waals surface area contributed by atoms with E-state index in [0.717, 1.165) is 57.6 Å². The standard InChI is InChI=1S/C24H41N5O2/c1-17(2)14-20-23(30)29(13-9-25-20)21(15-18(3)4)24(31)28-10-6-19(7-11-28)16-22-26-8-12-27(22)5/h8,12,17-21,25H,6-7,9-11,13-16H2,1-5H3/t20-,21?/m0/s1. The third kappa shape index (κ3) is 6.09. The summed E-state index contributed by atoms with van der Waals surface area (Å²) in [5.41, 5.74) is 0. The van der Waals surface area contributed by atoms with Crippen molar-refractivity contribution in [2.45, 2.75) is 71.9 Å². The molecule has 7 heteroatoms. The molecule has 2 amide bonds. The summed E-state index contributed by atoms with van der Waals surface area (Å²) in [5, 5.41) is 3.36. The van der Waals surface area contributed by atoms with Gasteiger partial charge in [0.2, 0.25) is 11.8 Å². The van der Waals surface area contributed by atoms with Crippen LogP contribution in [0.1, 0.15) is 59.2 Å². The largest absolute Gasteiger partial charge is 0.341 e. The van der Waals surface area contributed by atoms with E-state index >= 15 is 0 Å². The number of carbonyl (C=O) groups is 2. The van der Waals surface area contributed by atoms with Gasteiger partial charge in [0.05, 0.1) is 6.04 Å². The van der Waals surface area contributed by atoms with Gasteiger partial charge >= 0.3 is 0 Å². The Labute approximate surface area is 187 Å². The molecule has 0 saturated carbocycles. The molecule has 2 fully saturated rings. The highest BCUT2D eigenvalue weighted by molar-refractivity contribution is 5.90. The second-order valence-electron chi connectivity index (χ2n) is 10.2. The molecular formula is C24H41N5O2. The summed E-state index contributed by atoms with van der Waals surface area (Å²) in [5.74, 6) is 2.72. The fourth-order valence-electron chi connectivity index (χ4n) is 4.95. The zero-order valence-electron chi connectivity index (χ0n) is 20.0. The number of nitrogens with one attached hydrogen (secondary N) is 1. The Morgan fingerprint density at radius 2 is 1.87 bits per heavy atom. The van der Waals surface area contributed by atoms with E-state index in [9.17, 15) is 9.59 Å². The van der Waals surface area contributed by atoms with E-state index in [-0.39, 0.29) is 23.9 Å². The number of aryl methyl sites for hydroxylation is 1. The molecule has 2 aliphatic rings. The average molecular weight is 432 g/mol. The fraction of sp³-hybridized carbons (Fsp3) is 0.792. The van der Waals surface area contributed by atoms with Gasteiger partial charge in [-0.2, -0.15) is 0 Å². The first-order valence-corrected chi connectivity index (χ1v) is 12.0. The van der Waals surface area contributed by atoms with Crippen molar-refractivity contribution >= 4 is 11.8 Å². The van der Waals surface area contributed by atoms with Crippen LogP contribution >= 0.6 is 0 Å². The molecule has 1 aromatic heterocycles. The van der Waals surface area contributed by atoms with Crippen LogP contribution in [0.4, 0.5) is 0 Å². The Balaban J connectivity index is 1.63. The van der Waals surface area contributed by atoms with Gasteiger partial charge < -0.3 is 19.7 Å². The van der Waals surface area contributed by atoms with Crippen LogP contribution in [0.5, 0.6) is 0 Å². The van der Waals surface area contributed by atoms with Crippen molar-refractivity contribution in [1.29, 1.82) is 0 Å². The Morgan fingerprint density at radius 3 is 2.45 bits per heavy atom. The maximum atomic E-state index is 13.6. The van der Waals surface area contributed by atoms with Crippen molar-refractivity contribution in [2.24, 2.45) is 24.8 Å². The third-order valence-electron chi connectivity index (χ3n) is 6.71. The van der Waals surface area contributed by atoms with Gasteiger partial charge in [-0.25, -0.2) is 4.98 Å². The normalized spacial score (nSPS) is 21.9. The van der Waals surface area contributed by atoms with Crippen molar-refractivity contribution in [1.82, 2.24) is 24.7 Å². The van der Waals surface area contributed by atoms with Crippen LogP contribution in [-0.4, -0.2) is 69.4 Å². The molecule has 0 bridgehead atoms. The Kier molecular flexibility index (Phi) is 8.14. The van der Waals surface area contributed by atoms with Crippen molar-refractivity contribution in [3.63, 3.8) is 0 Å². The molecule has 0 aromatic carbocycles. The number of carbonyl (C=O) groups excluding carboxylic acids is 2. The Bertz CT molecular complexity index is 736. The highest BCUT2D eigenvalue weighted by Gasteiger charge is 2.39. The molecule has 7 nitrogen and oxygen atoms in total. The number of piperazine rings is 1. The minimum atomic E-state index is -0.338. The van der Waals surface area contributed by atoms with Crippen molar-refractivity contribution in [3.05, 3.63) is 18.2 Å². The summed E-state index contributed by atoms with van der Waals surface area (Å²) in [6.07, 6.45) is 8.34. The Morgan fingerprint density at radius 1 is 1.16 bits per heavy atom. The zero-order chi connectivity index (χ0) is 22.5. The Hall–Kier alpha value is -1.89. The fourth-order valence-corrected chi connectivity index (χ4v) is 4.95. The van der Waals surface area contributed by atoms with Crippen LogP contribution in [0.25, 0.3) is 0 Å². The predicted octanol–water partition coefficient (Wildman–Crippen LogP) is 2.46. The van der Waals surface area contributed by atoms with Gasteiger partial charge in [-0.15, -0.1) is 0 Å². The molecule has 0 radical (unpaired) electrons. The number of hydrogen-bond acceptors (Lipinski definition) is 4. The highest BCUT2D eigenvalue weighted by Crippen LogP contribution is 2.25. The average Bonchev–Trinajstić information content (AvgIpc) is 3.12. The molecule has 174 valence electrons. The molecule has 0 spiro atoms. The van der Waals surface area contributed by atoms with Crippen LogP contribution in [0.15, 0.2) is 12.4 Å². The van der Waals surface area contributed by atoms with E-state index < -0.39 is 0 Å². The zero-order valence-corrected chi connectivity index (χ0v) is 20.0. The van der Waals surface area contributed by atoms with E-state index in [4.69, 9.17) is 0 Å². The number of piperidine rings is 1. The van der Waals surface area contributed by atoms with Gasteiger partial charge in [-0.3, -0.25) is 9.59 Å². The monoisotopic (exact) mass is 431 g/mol. The number of aromatic nitrogens is 2. The van der Waals surface area contributed by atoms with E-state index in [1.807, 2.05) is 29.2 Å². The quantitative estimate of drug-likeness (QED) is 0.686. The van der Waals surface area contributed by atoms with Crippen LogP contribution in [0.3, 0.4) is 0 Å². The lowest BCUT2D eigenvalue weighted by Crippen LogP contribution is -2.62. The van der Waals surface area contributed by atoms with Crippen LogP contribution < -0.4 is 5.32 Å². The van der Waals surface area contributed by atoms with Crippen LogP contribution in [0.2, 0.25) is 0 Å². The topological polar surface area (TPSA) is 70.5 Å². The smallest absolute Gasteiger partial charge is 0.245 e. The maximum absolute atomic E-state index is 13.6. The first-order valence-electron chi connectivity index (χ1n) is 12.0. The summed E-state index contributed by atoms with van der Waals surface area (Å²) in [6, 6.07) is -0.505. The summed E-state index contributed by atoms with van der Waals surface area (Å²) in [6.45, 7) is 11.5. The van der Waals surface area contributed by atoms with Gasteiger partial charge in [-0.1, -0.05) is 27.7 Å². The minimum absolute atomic E-state index is 0.101. The van der Waals surface area contributed by atoms with Crippen molar-refractivity contribution < 1.29 is 9.59 Å². The molecule has 0 aliphatic carbocycles. The van der Waals surface area contributed by atoms with E-state index in [0.29, 0.717) is 24.3 Å². The first-order chi connectivity index (χ1) is 14.8. The molecule has 2 aliphatic heterocycles. The van der Waals surface area contributed by atoms with Crippen molar-refractivity contribution in [2.75, 3.05) is 26.2 Å². The second kappa shape index (κ2) is 10.6. The summed E-state index contributed by atoms with van der Waals surface area (Å²) in [7, 11) is 2.04. The van der Waals surface area contributed by atoms with Gasteiger partial charge in [0, 0.05) is 52.0 Å². The first kappa shape index (κ1) is 23.8. The number of likely N-dealkylation sites (tertiary alicyclic amines) is 1. The molecule has 3 rings (SSSR count). The van der Waals surface area contributed by atoms with Crippen LogP contribution in [0, 0.1) is 17.8 Å². The SMILES string of the molecule is CC(C)CC(C(=O)N1CCC(Cc2nccn2C)CC1)N1CCN[C@@H](CC(C)C)C1=O. The van der Waals surface area contributed by atoms with E-state index in [1.165, 1.54) is 0 Å². The number of hydrogen-bond donors (Lipinski definition) is 1.